The normalized spacial score (nSPS) is 15.2. The lowest BCUT2D eigenvalue weighted by molar-refractivity contribution is 0.0387. The second-order valence-corrected chi connectivity index (χ2v) is 7.18. The van der Waals surface area contributed by atoms with Crippen LogP contribution in [-0.4, -0.2) is 43.4 Å². The molecule has 0 saturated carbocycles. The molecule has 0 fully saturated rings. The van der Waals surface area contributed by atoms with E-state index in [0.29, 0.717) is 19.5 Å². The summed E-state index contributed by atoms with van der Waals surface area (Å²) in [5.41, 5.74) is 2.64. The highest BCUT2D eigenvalue weighted by atomic mass is 16.6. The first-order chi connectivity index (χ1) is 15.2. The number of oxime groups is 1. The van der Waals surface area contributed by atoms with Crippen molar-refractivity contribution >= 4 is 11.6 Å². The van der Waals surface area contributed by atoms with Crippen molar-refractivity contribution in [2.45, 2.75) is 19.1 Å². The van der Waals surface area contributed by atoms with Gasteiger partial charge in [0, 0.05) is 18.5 Å². The van der Waals surface area contributed by atoms with E-state index in [-0.39, 0.29) is 17.8 Å². The van der Waals surface area contributed by atoms with Crippen LogP contribution in [-0.2, 0) is 11.4 Å². The minimum absolute atomic E-state index is 0.206. The number of furan rings is 1. The van der Waals surface area contributed by atoms with Crippen molar-refractivity contribution in [3.05, 3.63) is 83.8 Å². The Hall–Kier alpha value is -3.74. The predicted molar refractivity (Wildman–Crippen MR) is 115 cm³/mol. The zero-order valence-corrected chi connectivity index (χ0v) is 17.5. The van der Waals surface area contributed by atoms with Crippen LogP contribution in [0.5, 0.6) is 11.5 Å². The molecule has 160 valence electrons. The van der Waals surface area contributed by atoms with E-state index in [1.807, 2.05) is 48.5 Å². The molecule has 1 aromatic heterocycles. The number of nitrogens with zero attached hydrogens (tertiary/aromatic N) is 2. The fraction of sp³-hybridized carbons (Fsp3) is 0.250. The average Bonchev–Trinajstić information content (AvgIpc) is 3.51. The van der Waals surface area contributed by atoms with Gasteiger partial charge in [-0.3, -0.25) is 4.79 Å². The number of benzene rings is 2. The van der Waals surface area contributed by atoms with E-state index < -0.39 is 0 Å². The fourth-order valence-electron chi connectivity index (χ4n) is 3.58. The van der Waals surface area contributed by atoms with Crippen LogP contribution in [0.2, 0.25) is 0 Å². The molecule has 7 nitrogen and oxygen atoms in total. The molecule has 1 unspecified atom stereocenters. The number of para-hydroxylation sites is 1. The molecule has 0 N–H and O–H groups in total. The van der Waals surface area contributed by atoms with Gasteiger partial charge in [0.1, 0.15) is 11.5 Å². The summed E-state index contributed by atoms with van der Waals surface area (Å²) in [4.78, 5) is 20.5. The van der Waals surface area contributed by atoms with Crippen molar-refractivity contribution in [2.75, 3.05) is 20.8 Å². The Morgan fingerprint density at radius 2 is 1.97 bits per heavy atom. The Balaban J connectivity index is 1.50. The van der Waals surface area contributed by atoms with Crippen LogP contribution in [0, 0.1) is 0 Å². The molecule has 31 heavy (non-hydrogen) atoms. The number of rotatable bonds is 8. The Kier molecular flexibility index (Phi) is 6.21. The van der Waals surface area contributed by atoms with E-state index in [0.717, 1.165) is 28.3 Å². The zero-order chi connectivity index (χ0) is 21.6. The summed E-state index contributed by atoms with van der Waals surface area (Å²) in [5, 5.41) is 4.26. The molecule has 7 heteroatoms. The third-order valence-corrected chi connectivity index (χ3v) is 5.10. The third kappa shape index (κ3) is 4.71. The molecule has 1 amide bonds. The van der Waals surface area contributed by atoms with Crippen LogP contribution < -0.4 is 9.47 Å². The monoisotopic (exact) mass is 420 g/mol. The van der Waals surface area contributed by atoms with E-state index in [1.165, 1.54) is 6.26 Å². The summed E-state index contributed by atoms with van der Waals surface area (Å²) in [6.45, 7) is 0.749. The van der Waals surface area contributed by atoms with Gasteiger partial charge in [0.05, 0.1) is 32.7 Å². The number of ether oxygens (including phenoxy) is 2. The van der Waals surface area contributed by atoms with Gasteiger partial charge in [-0.25, -0.2) is 0 Å². The van der Waals surface area contributed by atoms with Crippen molar-refractivity contribution in [3.8, 4) is 11.5 Å². The summed E-state index contributed by atoms with van der Waals surface area (Å²) in [7, 11) is 3.25. The molecule has 1 aliphatic heterocycles. The van der Waals surface area contributed by atoms with E-state index in [9.17, 15) is 4.79 Å². The lowest BCUT2D eigenvalue weighted by Crippen LogP contribution is -2.37. The highest BCUT2D eigenvalue weighted by molar-refractivity contribution is 6.03. The Morgan fingerprint density at radius 1 is 1.10 bits per heavy atom. The Labute approximate surface area is 180 Å². The lowest BCUT2D eigenvalue weighted by Gasteiger charge is -2.24. The van der Waals surface area contributed by atoms with Crippen molar-refractivity contribution < 1.29 is 23.5 Å². The minimum atomic E-state index is -0.274. The number of hydrogen-bond donors (Lipinski definition) is 0. The van der Waals surface area contributed by atoms with Crippen LogP contribution in [0.4, 0.5) is 0 Å². The van der Waals surface area contributed by atoms with Crippen molar-refractivity contribution in [1.29, 1.82) is 0 Å². The highest BCUT2D eigenvalue weighted by Crippen LogP contribution is 2.26. The maximum Gasteiger partial charge on any atom is 0.289 e. The van der Waals surface area contributed by atoms with Gasteiger partial charge in [-0.1, -0.05) is 29.4 Å². The van der Waals surface area contributed by atoms with Gasteiger partial charge in [0.25, 0.3) is 5.91 Å². The molecule has 0 bridgehead atoms. The van der Waals surface area contributed by atoms with Gasteiger partial charge in [0.15, 0.2) is 11.9 Å². The highest BCUT2D eigenvalue weighted by Gasteiger charge is 2.29. The average molecular weight is 420 g/mol. The van der Waals surface area contributed by atoms with E-state index >= 15 is 0 Å². The minimum Gasteiger partial charge on any atom is -0.497 e. The summed E-state index contributed by atoms with van der Waals surface area (Å²) in [5.74, 6) is 1.56. The predicted octanol–water partition coefficient (Wildman–Crippen LogP) is 4.13. The first-order valence-electron chi connectivity index (χ1n) is 9.99. The van der Waals surface area contributed by atoms with Crippen LogP contribution in [0.15, 0.2) is 76.5 Å². The second kappa shape index (κ2) is 9.38. The van der Waals surface area contributed by atoms with Gasteiger partial charge < -0.3 is 23.6 Å². The molecule has 0 saturated heterocycles. The maximum absolute atomic E-state index is 13.1. The Morgan fingerprint density at radius 3 is 2.74 bits per heavy atom. The van der Waals surface area contributed by atoms with Crippen molar-refractivity contribution in [3.63, 3.8) is 0 Å². The van der Waals surface area contributed by atoms with Crippen LogP contribution in [0.1, 0.15) is 28.1 Å². The first kappa shape index (κ1) is 20.5. The molecule has 0 radical (unpaired) electrons. The number of carbonyl (C=O) groups excluding carboxylic acids is 1. The van der Waals surface area contributed by atoms with Crippen LogP contribution >= 0.6 is 0 Å². The topological polar surface area (TPSA) is 73.5 Å². The molecule has 2 heterocycles. The van der Waals surface area contributed by atoms with Gasteiger partial charge >= 0.3 is 0 Å². The van der Waals surface area contributed by atoms with Crippen LogP contribution in [0.3, 0.4) is 0 Å². The van der Waals surface area contributed by atoms with Crippen LogP contribution in [0.25, 0.3) is 0 Å². The van der Waals surface area contributed by atoms with Crippen molar-refractivity contribution in [2.24, 2.45) is 5.16 Å². The summed E-state index contributed by atoms with van der Waals surface area (Å²) in [6, 6.07) is 18.7. The second-order valence-electron chi connectivity index (χ2n) is 7.18. The van der Waals surface area contributed by atoms with Gasteiger partial charge in [-0.15, -0.1) is 0 Å². The molecule has 0 aliphatic carbocycles. The summed E-state index contributed by atoms with van der Waals surface area (Å²) < 4.78 is 16.1. The molecule has 2 aromatic carbocycles. The fourth-order valence-corrected chi connectivity index (χ4v) is 3.58. The zero-order valence-electron chi connectivity index (χ0n) is 17.5. The van der Waals surface area contributed by atoms with E-state index in [1.54, 1.807) is 31.3 Å². The molecule has 0 spiro atoms. The number of carbonyl (C=O) groups is 1. The third-order valence-electron chi connectivity index (χ3n) is 5.10. The van der Waals surface area contributed by atoms with Gasteiger partial charge in [0.2, 0.25) is 0 Å². The van der Waals surface area contributed by atoms with Gasteiger partial charge in [-0.05, 0) is 42.0 Å². The standard InChI is InChI=1S/C24H24N2O5/c1-28-18-8-5-7-17(13-18)15-26(24(27)23-11-6-12-30-23)16-19-14-21(25-31-19)20-9-3-4-10-22(20)29-2/h3-13,19H,14-16H2,1-2H3. The summed E-state index contributed by atoms with van der Waals surface area (Å²) >= 11 is 0. The molecule has 1 aliphatic rings. The molecule has 3 aromatic rings. The number of methoxy groups -OCH3 is 2. The lowest BCUT2D eigenvalue weighted by atomic mass is 10.0. The number of hydrogen-bond acceptors (Lipinski definition) is 6. The van der Waals surface area contributed by atoms with E-state index in [2.05, 4.69) is 5.16 Å². The summed E-state index contributed by atoms with van der Waals surface area (Å²) in [6.07, 6.45) is 1.79. The first-order valence-corrected chi connectivity index (χ1v) is 9.99. The van der Waals surface area contributed by atoms with E-state index in [4.69, 9.17) is 18.7 Å². The molecular weight excluding hydrogens is 396 g/mol. The quantitative estimate of drug-likeness (QED) is 0.548. The van der Waals surface area contributed by atoms with Gasteiger partial charge in [-0.2, -0.15) is 0 Å². The SMILES string of the molecule is COc1cccc(CN(CC2CC(c3ccccc3OC)=NO2)C(=O)c2ccco2)c1. The Bertz CT molecular complexity index is 1060. The maximum atomic E-state index is 13.1. The number of amides is 1. The molecule has 4 rings (SSSR count). The van der Waals surface area contributed by atoms with Crippen molar-refractivity contribution in [1.82, 2.24) is 4.90 Å². The molecule has 1 atom stereocenters. The largest absolute Gasteiger partial charge is 0.497 e. The smallest absolute Gasteiger partial charge is 0.289 e. The molecular formula is C24H24N2O5.